The lowest BCUT2D eigenvalue weighted by molar-refractivity contribution is -0.131. The zero-order valence-corrected chi connectivity index (χ0v) is 14.8. The Labute approximate surface area is 155 Å². The summed E-state index contributed by atoms with van der Waals surface area (Å²) in [7, 11) is 0. The maximum absolute atomic E-state index is 12.7. The van der Waals surface area contributed by atoms with Crippen LogP contribution in [-0.2, 0) is 17.9 Å². The zero-order chi connectivity index (χ0) is 19.0. The van der Waals surface area contributed by atoms with E-state index in [0.717, 1.165) is 36.0 Å². The van der Waals surface area contributed by atoms with Crippen LogP contribution >= 0.6 is 0 Å². The third kappa shape index (κ3) is 2.99. The summed E-state index contributed by atoms with van der Waals surface area (Å²) in [6, 6.07) is 7.31. The monoisotopic (exact) mass is 365 g/mol. The topological polar surface area (TPSA) is 102 Å². The second kappa shape index (κ2) is 6.71. The largest absolute Gasteiger partial charge is 0.478 e. The molecule has 0 aliphatic carbocycles. The molecule has 0 radical (unpaired) electrons. The number of anilines is 1. The van der Waals surface area contributed by atoms with Crippen LogP contribution in [0.2, 0.25) is 0 Å². The molecule has 8 heteroatoms. The number of carbonyl (C=O) groups is 1. The molecule has 1 aromatic carbocycles. The molecule has 0 saturated carbocycles. The van der Waals surface area contributed by atoms with E-state index in [4.69, 9.17) is 5.11 Å². The molecule has 4 rings (SSSR count). The summed E-state index contributed by atoms with van der Waals surface area (Å²) in [5, 5.41) is 12.0. The van der Waals surface area contributed by atoms with E-state index < -0.39 is 5.97 Å². The standard InChI is InChI=1S/C19H19N5O3/c1-2-23-18-15(17-20-10-3-11-24(17)19(23)27)21-16(22-18)13-7-4-12(5-8-13)6-9-14(25)26/h4-9,20H,2-3,10-11H2,1H3,(H,25,26)/b9-6+. The normalized spacial score (nSPS) is 13.7. The Morgan fingerprint density at radius 1 is 1.30 bits per heavy atom. The van der Waals surface area contributed by atoms with Crippen molar-refractivity contribution in [1.29, 1.82) is 0 Å². The van der Waals surface area contributed by atoms with Gasteiger partial charge in [-0.15, -0.1) is 0 Å². The quantitative estimate of drug-likeness (QED) is 0.687. The second-order valence-electron chi connectivity index (χ2n) is 6.32. The number of rotatable bonds is 4. The molecule has 3 aliphatic heterocycles. The summed E-state index contributed by atoms with van der Waals surface area (Å²) in [5.41, 5.74) is 2.20. The first-order valence-electron chi connectivity index (χ1n) is 8.85. The number of hydrogen-bond acceptors (Lipinski definition) is 5. The molecule has 0 spiro atoms. The fraction of sp³-hybridized carbons (Fsp3) is 0.263. The van der Waals surface area contributed by atoms with Gasteiger partial charge in [0.2, 0.25) is 0 Å². The Balaban J connectivity index is 1.81. The Bertz CT molecular complexity index is 1060. The summed E-state index contributed by atoms with van der Waals surface area (Å²) in [4.78, 5) is 32.7. The highest BCUT2D eigenvalue weighted by atomic mass is 16.4. The van der Waals surface area contributed by atoms with E-state index in [1.54, 1.807) is 9.13 Å². The molecule has 3 aliphatic rings. The van der Waals surface area contributed by atoms with Crippen LogP contribution in [0.5, 0.6) is 0 Å². The minimum Gasteiger partial charge on any atom is -0.478 e. The number of aromatic nitrogens is 4. The van der Waals surface area contributed by atoms with Crippen LogP contribution in [0.15, 0.2) is 35.1 Å². The van der Waals surface area contributed by atoms with Crippen LogP contribution in [0.3, 0.4) is 0 Å². The van der Waals surface area contributed by atoms with Crippen LogP contribution in [0.25, 0.3) is 29.0 Å². The molecule has 2 N–H and O–H groups in total. The average molecular weight is 365 g/mol. The smallest absolute Gasteiger partial charge is 0.331 e. The molecule has 0 atom stereocenters. The average Bonchev–Trinajstić information content (AvgIpc) is 3.12. The van der Waals surface area contributed by atoms with E-state index in [1.807, 2.05) is 31.2 Å². The number of nitrogens with one attached hydrogen (secondary N) is 1. The van der Waals surface area contributed by atoms with Gasteiger partial charge in [-0.2, -0.15) is 0 Å². The van der Waals surface area contributed by atoms with Gasteiger partial charge in [0.1, 0.15) is 11.5 Å². The van der Waals surface area contributed by atoms with Crippen LogP contribution < -0.4 is 11.0 Å². The van der Waals surface area contributed by atoms with Gasteiger partial charge in [0.25, 0.3) is 0 Å². The highest BCUT2D eigenvalue weighted by Crippen LogP contribution is 2.31. The van der Waals surface area contributed by atoms with Gasteiger partial charge in [-0.3, -0.25) is 9.13 Å². The molecule has 0 aromatic heterocycles. The predicted octanol–water partition coefficient (Wildman–Crippen LogP) is 2.14. The number of fused-ring (bicyclic) bond motifs is 3. The van der Waals surface area contributed by atoms with Gasteiger partial charge in [0.05, 0.1) is 0 Å². The fourth-order valence-corrected chi connectivity index (χ4v) is 3.30. The predicted molar refractivity (Wildman–Crippen MR) is 102 cm³/mol. The highest BCUT2D eigenvalue weighted by Gasteiger charge is 2.26. The Morgan fingerprint density at radius 3 is 2.78 bits per heavy atom. The summed E-state index contributed by atoms with van der Waals surface area (Å²) in [5.74, 6) is 0.859. The van der Waals surface area contributed by atoms with E-state index in [9.17, 15) is 9.59 Å². The van der Waals surface area contributed by atoms with Gasteiger partial charge in [-0.05, 0) is 25.0 Å². The summed E-state index contributed by atoms with van der Waals surface area (Å²) >= 11 is 0. The van der Waals surface area contributed by atoms with Gasteiger partial charge in [-0.1, -0.05) is 24.3 Å². The van der Waals surface area contributed by atoms with Gasteiger partial charge in [-0.25, -0.2) is 19.6 Å². The number of hydrogen-bond donors (Lipinski definition) is 2. The molecule has 0 fully saturated rings. The number of benzene rings is 1. The molecule has 0 amide bonds. The lowest BCUT2D eigenvalue weighted by atomic mass is 10.1. The molecule has 0 unspecified atom stereocenters. The van der Waals surface area contributed by atoms with E-state index in [2.05, 4.69) is 15.3 Å². The lowest BCUT2D eigenvalue weighted by Crippen LogP contribution is -2.37. The van der Waals surface area contributed by atoms with Gasteiger partial charge < -0.3 is 10.4 Å². The Hall–Kier alpha value is -3.42. The van der Waals surface area contributed by atoms with Crippen LogP contribution in [0.1, 0.15) is 18.9 Å². The van der Waals surface area contributed by atoms with Crippen LogP contribution in [0, 0.1) is 0 Å². The second-order valence-corrected chi connectivity index (χ2v) is 6.32. The van der Waals surface area contributed by atoms with E-state index in [0.29, 0.717) is 30.4 Å². The third-order valence-electron chi connectivity index (χ3n) is 4.61. The van der Waals surface area contributed by atoms with E-state index in [1.165, 1.54) is 6.08 Å². The lowest BCUT2D eigenvalue weighted by Gasteiger charge is -2.23. The van der Waals surface area contributed by atoms with Crippen molar-refractivity contribution in [2.75, 3.05) is 11.9 Å². The van der Waals surface area contributed by atoms with Gasteiger partial charge in [0.15, 0.2) is 11.6 Å². The molecule has 3 heterocycles. The number of imidazole rings is 1. The van der Waals surface area contributed by atoms with Crippen molar-refractivity contribution in [3.05, 3.63) is 46.4 Å². The molecule has 8 nitrogen and oxygen atoms in total. The van der Waals surface area contributed by atoms with Crippen molar-refractivity contribution in [3.8, 4) is 22.9 Å². The molecule has 138 valence electrons. The van der Waals surface area contributed by atoms with Crippen molar-refractivity contribution in [1.82, 2.24) is 19.1 Å². The molecular weight excluding hydrogens is 346 g/mol. The maximum atomic E-state index is 12.7. The van der Waals surface area contributed by atoms with E-state index in [-0.39, 0.29) is 5.69 Å². The first kappa shape index (κ1) is 17.0. The van der Waals surface area contributed by atoms with Crippen molar-refractivity contribution in [2.24, 2.45) is 0 Å². The van der Waals surface area contributed by atoms with E-state index >= 15 is 0 Å². The summed E-state index contributed by atoms with van der Waals surface area (Å²) < 4.78 is 3.37. The van der Waals surface area contributed by atoms with Crippen molar-refractivity contribution < 1.29 is 9.90 Å². The first-order valence-corrected chi connectivity index (χ1v) is 8.85. The Kier molecular flexibility index (Phi) is 4.23. The minimum atomic E-state index is -0.989. The number of carboxylic acid groups (broad SMARTS) is 1. The summed E-state index contributed by atoms with van der Waals surface area (Å²) in [6.45, 7) is 3.91. The fourth-order valence-electron chi connectivity index (χ4n) is 3.30. The van der Waals surface area contributed by atoms with Crippen molar-refractivity contribution in [2.45, 2.75) is 26.4 Å². The van der Waals surface area contributed by atoms with Gasteiger partial charge >= 0.3 is 11.7 Å². The SMILES string of the molecule is CCn1c2nc(-c3ccc(/C=C/C(=O)O)cc3)nc-2c2n(c1=O)CCCN2. The number of aliphatic carboxylic acids is 1. The van der Waals surface area contributed by atoms with Crippen molar-refractivity contribution >= 4 is 17.9 Å². The highest BCUT2D eigenvalue weighted by molar-refractivity contribution is 5.85. The Morgan fingerprint density at radius 2 is 2.07 bits per heavy atom. The van der Waals surface area contributed by atoms with Crippen LogP contribution in [-0.4, -0.2) is 36.7 Å². The van der Waals surface area contributed by atoms with Crippen LogP contribution in [0.4, 0.5) is 5.82 Å². The number of nitrogens with zero attached hydrogens (tertiary/aromatic N) is 4. The maximum Gasteiger partial charge on any atom is 0.331 e. The molecule has 0 bridgehead atoms. The van der Waals surface area contributed by atoms with Gasteiger partial charge in [0, 0.05) is 31.3 Å². The minimum absolute atomic E-state index is 0.0761. The molecule has 1 aromatic rings. The zero-order valence-electron chi connectivity index (χ0n) is 14.8. The molecule has 27 heavy (non-hydrogen) atoms. The molecule has 0 saturated heterocycles. The summed E-state index contributed by atoms with van der Waals surface area (Å²) in [6.07, 6.45) is 3.52. The molecular formula is C19H19N5O3. The van der Waals surface area contributed by atoms with Crippen molar-refractivity contribution in [3.63, 3.8) is 0 Å². The first-order chi connectivity index (χ1) is 13.1. The third-order valence-corrected chi connectivity index (χ3v) is 4.61. The number of carboxylic acids is 1.